The molecule has 1 amide bonds. The number of carbonyl (C=O) groups excluding carboxylic acids is 1. The molecule has 0 radical (unpaired) electrons. The summed E-state index contributed by atoms with van der Waals surface area (Å²) in [4.78, 5) is 25.5. The third kappa shape index (κ3) is 3.53. The highest BCUT2D eigenvalue weighted by atomic mass is 32.2. The van der Waals surface area contributed by atoms with E-state index < -0.39 is 4.75 Å². The highest BCUT2D eigenvalue weighted by molar-refractivity contribution is 8.01. The summed E-state index contributed by atoms with van der Waals surface area (Å²) in [5.41, 5.74) is 1.01. The maximum absolute atomic E-state index is 12.9. The van der Waals surface area contributed by atoms with Crippen LogP contribution < -0.4 is 10.9 Å². The third-order valence-electron chi connectivity index (χ3n) is 4.36. The highest BCUT2D eigenvalue weighted by Crippen LogP contribution is 2.46. The number of aryl methyl sites for hydroxylation is 2. The smallest absolute Gasteiger partial charge is 0.266 e. The van der Waals surface area contributed by atoms with Gasteiger partial charge in [0.25, 0.3) is 5.56 Å². The first-order valence-electron chi connectivity index (χ1n) is 8.10. The van der Waals surface area contributed by atoms with Gasteiger partial charge >= 0.3 is 0 Å². The molecule has 0 aliphatic heterocycles. The van der Waals surface area contributed by atoms with Crippen molar-refractivity contribution < 1.29 is 4.79 Å². The van der Waals surface area contributed by atoms with Crippen LogP contribution in [0.25, 0.3) is 0 Å². The van der Waals surface area contributed by atoms with E-state index in [1.165, 1.54) is 16.3 Å². The van der Waals surface area contributed by atoms with Crippen molar-refractivity contribution in [2.45, 2.75) is 42.2 Å². The van der Waals surface area contributed by atoms with E-state index in [2.05, 4.69) is 41.6 Å². The lowest BCUT2D eigenvalue weighted by Crippen LogP contribution is -2.38. The van der Waals surface area contributed by atoms with Gasteiger partial charge in [0.15, 0.2) is 5.82 Å². The summed E-state index contributed by atoms with van der Waals surface area (Å²) in [5.74, 6) is 0.384. The normalized spacial score (nSPS) is 16.1. The first kappa shape index (κ1) is 16.8. The lowest BCUT2D eigenvalue weighted by molar-refractivity contribution is -0.118. The summed E-state index contributed by atoms with van der Waals surface area (Å²) in [6.07, 6.45) is 3.80. The molecule has 0 unspecified atom stereocenters. The van der Waals surface area contributed by atoms with Gasteiger partial charge in [-0.15, -0.1) is 11.8 Å². The minimum Gasteiger partial charge on any atom is -0.308 e. The topological polar surface area (TPSA) is 64.0 Å². The number of benzene rings is 1. The second-order valence-electron chi connectivity index (χ2n) is 6.25. The van der Waals surface area contributed by atoms with Crippen LogP contribution in [0.4, 0.5) is 5.82 Å². The van der Waals surface area contributed by atoms with Crippen LogP contribution >= 0.6 is 11.8 Å². The minimum atomic E-state index is -0.467. The molecule has 1 fully saturated rings. The first-order valence-corrected chi connectivity index (χ1v) is 8.92. The molecule has 3 rings (SSSR count). The lowest BCUT2D eigenvalue weighted by atomic mass is 10.1. The number of rotatable bonds is 4. The summed E-state index contributed by atoms with van der Waals surface area (Å²) in [5, 5.41) is 6.99. The third-order valence-corrected chi connectivity index (χ3v) is 5.85. The van der Waals surface area contributed by atoms with E-state index >= 15 is 0 Å². The minimum absolute atomic E-state index is 0.0308. The zero-order valence-electron chi connectivity index (χ0n) is 13.9. The molecule has 5 nitrogen and oxygen atoms in total. The molecular weight excluding hydrogens is 322 g/mol. The van der Waals surface area contributed by atoms with Gasteiger partial charge in [-0.25, -0.2) is 4.68 Å². The molecule has 0 bridgehead atoms. The molecular formula is C18H21N3O2S. The quantitative estimate of drug-likeness (QED) is 0.926. The van der Waals surface area contributed by atoms with E-state index in [0.717, 1.165) is 30.6 Å². The van der Waals surface area contributed by atoms with Crippen molar-refractivity contribution in [2.75, 3.05) is 5.32 Å². The van der Waals surface area contributed by atoms with Crippen LogP contribution in [-0.2, 0) is 11.8 Å². The Kier molecular flexibility index (Phi) is 4.76. The maximum Gasteiger partial charge on any atom is 0.266 e. The van der Waals surface area contributed by atoms with E-state index in [-0.39, 0.29) is 11.5 Å². The first-order chi connectivity index (χ1) is 11.5. The Labute approximate surface area is 145 Å². The molecule has 1 aromatic carbocycles. The van der Waals surface area contributed by atoms with E-state index in [4.69, 9.17) is 0 Å². The predicted octanol–water partition coefficient (Wildman–Crippen LogP) is 3.13. The maximum atomic E-state index is 12.9. The summed E-state index contributed by atoms with van der Waals surface area (Å²) in [6.45, 7) is 2.05. The molecule has 1 aliphatic rings. The number of aromatic nitrogens is 2. The highest BCUT2D eigenvalue weighted by Gasteiger charge is 2.42. The lowest BCUT2D eigenvalue weighted by Gasteiger charge is -2.27. The second kappa shape index (κ2) is 6.81. The van der Waals surface area contributed by atoms with Gasteiger partial charge in [-0.1, -0.05) is 30.5 Å². The molecule has 1 saturated carbocycles. The summed E-state index contributed by atoms with van der Waals surface area (Å²) < 4.78 is 0.760. The van der Waals surface area contributed by atoms with Crippen LogP contribution in [0.2, 0.25) is 0 Å². The fourth-order valence-corrected chi connectivity index (χ4v) is 4.31. The zero-order chi connectivity index (χ0) is 17.2. The standard InChI is InChI=1S/C18H21N3O2S/c1-13-5-7-14(8-6-13)24-18(11-3-4-12-18)17(23)19-15-9-10-16(22)21(2)20-15/h5-10H,3-4,11-12H2,1-2H3,(H,19,20,23). The largest absolute Gasteiger partial charge is 0.308 e. The SMILES string of the molecule is Cc1ccc(SC2(C(=O)Nc3ccc(=O)n(C)n3)CCCC2)cc1. The zero-order valence-corrected chi connectivity index (χ0v) is 14.7. The fourth-order valence-electron chi connectivity index (χ4n) is 2.95. The Hall–Kier alpha value is -2.08. The molecule has 1 aliphatic carbocycles. The Morgan fingerprint density at radius 1 is 1.17 bits per heavy atom. The average Bonchev–Trinajstić information content (AvgIpc) is 3.03. The molecule has 126 valence electrons. The molecule has 1 heterocycles. The van der Waals surface area contributed by atoms with E-state index in [1.807, 2.05) is 0 Å². The van der Waals surface area contributed by atoms with Gasteiger partial charge in [0.2, 0.25) is 5.91 Å². The van der Waals surface area contributed by atoms with Crippen LogP contribution in [0.1, 0.15) is 31.2 Å². The van der Waals surface area contributed by atoms with Gasteiger partial charge in [-0.2, -0.15) is 5.10 Å². The summed E-state index contributed by atoms with van der Waals surface area (Å²) >= 11 is 1.63. The number of hydrogen-bond donors (Lipinski definition) is 1. The van der Waals surface area contributed by atoms with E-state index in [1.54, 1.807) is 24.9 Å². The van der Waals surface area contributed by atoms with Gasteiger partial charge in [0, 0.05) is 18.0 Å². The number of anilines is 1. The Morgan fingerprint density at radius 2 is 1.83 bits per heavy atom. The van der Waals surface area contributed by atoms with Crippen molar-refractivity contribution in [2.24, 2.45) is 7.05 Å². The van der Waals surface area contributed by atoms with Gasteiger partial charge < -0.3 is 5.32 Å². The van der Waals surface area contributed by atoms with Gasteiger partial charge in [0.1, 0.15) is 0 Å². The van der Waals surface area contributed by atoms with Crippen molar-refractivity contribution in [1.29, 1.82) is 0 Å². The number of hydrogen-bond acceptors (Lipinski definition) is 4. The Balaban J connectivity index is 1.81. The van der Waals surface area contributed by atoms with Gasteiger partial charge in [-0.05, 0) is 38.0 Å². The number of nitrogens with one attached hydrogen (secondary N) is 1. The average molecular weight is 343 g/mol. The van der Waals surface area contributed by atoms with E-state index in [0.29, 0.717) is 5.82 Å². The molecule has 0 atom stereocenters. The number of nitrogens with zero attached hydrogens (tertiary/aromatic N) is 2. The Morgan fingerprint density at radius 3 is 2.46 bits per heavy atom. The predicted molar refractivity (Wildman–Crippen MR) is 96.3 cm³/mol. The van der Waals surface area contributed by atoms with E-state index in [9.17, 15) is 9.59 Å². The summed E-state index contributed by atoms with van der Waals surface area (Å²) in [7, 11) is 1.57. The van der Waals surface area contributed by atoms with Crippen molar-refractivity contribution >= 4 is 23.5 Å². The molecule has 1 aromatic heterocycles. The van der Waals surface area contributed by atoms with Crippen molar-refractivity contribution in [3.63, 3.8) is 0 Å². The number of thioether (sulfide) groups is 1. The van der Waals surface area contributed by atoms with Crippen molar-refractivity contribution in [1.82, 2.24) is 9.78 Å². The molecule has 24 heavy (non-hydrogen) atoms. The van der Waals surface area contributed by atoms with Crippen LogP contribution in [0, 0.1) is 6.92 Å². The van der Waals surface area contributed by atoms with Crippen LogP contribution in [0.3, 0.4) is 0 Å². The molecule has 1 N–H and O–H groups in total. The van der Waals surface area contributed by atoms with Crippen LogP contribution in [0.15, 0.2) is 46.1 Å². The fraction of sp³-hybridized carbons (Fsp3) is 0.389. The molecule has 2 aromatic rings. The van der Waals surface area contributed by atoms with Gasteiger partial charge in [0.05, 0.1) is 4.75 Å². The molecule has 6 heteroatoms. The van der Waals surface area contributed by atoms with Crippen LogP contribution in [0.5, 0.6) is 0 Å². The van der Waals surface area contributed by atoms with Gasteiger partial charge in [-0.3, -0.25) is 9.59 Å². The Bertz CT molecular complexity index is 793. The van der Waals surface area contributed by atoms with Crippen molar-refractivity contribution in [3.05, 3.63) is 52.3 Å². The monoisotopic (exact) mass is 343 g/mol. The van der Waals surface area contributed by atoms with Crippen molar-refractivity contribution in [3.8, 4) is 0 Å². The number of carbonyl (C=O) groups is 1. The summed E-state index contributed by atoms with van der Waals surface area (Å²) in [6, 6.07) is 11.2. The second-order valence-corrected chi connectivity index (χ2v) is 7.71. The number of amides is 1. The van der Waals surface area contributed by atoms with Crippen LogP contribution in [-0.4, -0.2) is 20.4 Å². The molecule has 0 saturated heterocycles. The molecule has 0 spiro atoms.